The van der Waals surface area contributed by atoms with E-state index in [1.54, 1.807) is 5.57 Å². The highest BCUT2D eigenvalue weighted by molar-refractivity contribution is 5.39. The summed E-state index contributed by atoms with van der Waals surface area (Å²) >= 11 is 0. The van der Waals surface area contributed by atoms with Crippen molar-refractivity contribution in [1.82, 2.24) is 0 Å². The van der Waals surface area contributed by atoms with Gasteiger partial charge in [0.1, 0.15) is 0 Å². The average molecular weight is 397 g/mol. The highest BCUT2D eigenvalue weighted by Crippen LogP contribution is 2.65. The molecule has 1 nitrogen and oxygen atoms in total. The summed E-state index contributed by atoms with van der Waals surface area (Å²) in [6.07, 6.45) is 18.4. The van der Waals surface area contributed by atoms with E-state index in [2.05, 4.69) is 65.8 Å². The first kappa shape index (κ1) is 21.4. The van der Waals surface area contributed by atoms with E-state index in [4.69, 9.17) is 0 Å². The van der Waals surface area contributed by atoms with Gasteiger partial charge in [0.25, 0.3) is 0 Å². The molecule has 0 aromatic heterocycles. The van der Waals surface area contributed by atoms with Crippen LogP contribution in [0.25, 0.3) is 0 Å². The van der Waals surface area contributed by atoms with Gasteiger partial charge in [-0.05, 0) is 91.3 Å². The standard InChI is InChI=1S/C28H44O/c1-18(2)19(3)7-8-20(4)24-11-12-25-23-10-9-21-17-22(29)13-15-27(21,5)26(23)14-16-28(24,25)6/h7-10,18-20,22,24-26,29H,11-17H2,1-6H3/t19?,20-,22?,24-,25+,26+,27+,28-/m1/s1. The second-order valence-electron chi connectivity index (χ2n) is 11.9. The Morgan fingerprint density at radius 2 is 1.69 bits per heavy atom. The van der Waals surface area contributed by atoms with Crippen molar-refractivity contribution >= 4 is 0 Å². The summed E-state index contributed by atoms with van der Waals surface area (Å²) in [6, 6.07) is 0. The maximum absolute atomic E-state index is 10.2. The van der Waals surface area contributed by atoms with Crippen LogP contribution in [0.2, 0.25) is 0 Å². The van der Waals surface area contributed by atoms with Crippen molar-refractivity contribution in [3.8, 4) is 0 Å². The second-order valence-corrected chi connectivity index (χ2v) is 11.9. The van der Waals surface area contributed by atoms with Crippen molar-refractivity contribution < 1.29 is 5.11 Å². The van der Waals surface area contributed by atoms with Crippen LogP contribution in [0.1, 0.15) is 86.5 Å². The van der Waals surface area contributed by atoms with E-state index in [0.29, 0.717) is 22.7 Å². The summed E-state index contributed by atoms with van der Waals surface area (Å²) in [5.74, 6) is 4.38. The van der Waals surface area contributed by atoms with Crippen LogP contribution in [0.15, 0.2) is 35.5 Å². The molecular weight excluding hydrogens is 352 g/mol. The maximum Gasteiger partial charge on any atom is 0.0578 e. The first-order valence-corrected chi connectivity index (χ1v) is 12.4. The zero-order valence-corrected chi connectivity index (χ0v) is 19.7. The molecule has 29 heavy (non-hydrogen) atoms. The lowest BCUT2D eigenvalue weighted by molar-refractivity contribution is 0.0382. The molecule has 0 bridgehead atoms. The van der Waals surface area contributed by atoms with Crippen LogP contribution in [-0.2, 0) is 0 Å². The van der Waals surface area contributed by atoms with Gasteiger partial charge in [-0.25, -0.2) is 0 Å². The molecule has 0 heterocycles. The third kappa shape index (κ3) is 3.50. The monoisotopic (exact) mass is 396 g/mol. The molecule has 1 heteroatoms. The Hall–Kier alpha value is -0.820. The molecule has 162 valence electrons. The van der Waals surface area contributed by atoms with Gasteiger partial charge >= 0.3 is 0 Å². The Bertz CT molecular complexity index is 712. The van der Waals surface area contributed by atoms with Crippen LogP contribution in [0.4, 0.5) is 0 Å². The van der Waals surface area contributed by atoms with E-state index in [9.17, 15) is 5.11 Å². The van der Waals surface area contributed by atoms with Crippen molar-refractivity contribution in [2.75, 3.05) is 0 Å². The Labute approximate surface area is 179 Å². The predicted octanol–water partition coefficient (Wildman–Crippen LogP) is 7.33. The molecule has 4 rings (SSSR count). The Balaban J connectivity index is 1.57. The first-order valence-electron chi connectivity index (χ1n) is 12.4. The summed E-state index contributed by atoms with van der Waals surface area (Å²) < 4.78 is 0. The molecule has 0 aromatic rings. The molecule has 8 atom stereocenters. The normalized spacial score (nSPS) is 44.0. The van der Waals surface area contributed by atoms with Crippen molar-refractivity contribution in [1.29, 1.82) is 0 Å². The van der Waals surface area contributed by atoms with Crippen molar-refractivity contribution in [2.45, 2.75) is 92.6 Å². The topological polar surface area (TPSA) is 20.2 Å². The average Bonchev–Trinajstić information content (AvgIpc) is 3.03. The van der Waals surface area contributed by atoms with Crippen LogP contribution in [-0.4, -0.2) is 11.2 Å². The van der Waals surface area contributed by atoms with Gasteiger partial charge in [0.15, 0.2) is 0 Å². The molecule has 4 aliphatic rings. The first-order chi connectivity index (χ1) is 13.7. The van der Waals surface area contributed by atoms with Crippen molar-refractivity contribution in [2.24, 2.45) is 46.3 Å². The zero-order valence-electron chi connectivity index (χ0n) is 19.7. The fourth-order valence-corrected chi connectivity index (χ4v) is 7.59. The van der Waals surface area contributed by atoms with E-state index >= 15 is 0 Å². The van der Waals surface area contributed by atoms with Gasteiger partial charge in [-0.15, -0.1) is 0 Å². The summed E-state index contributed by atoms with van der Waals surface area (Å²) in [7, 11) is 0. The molecule has 1 N–H and O–H groups in total. The molecule has 2 unspecified atom stereocenters. The minimum Gasteiger partial charge on any atom is -0.393 e. The van der Waals surface area contributed by atoms with Crippen LogP contribution in [0, 0.1) is 46.3 Å². The van der Waals surface area contributed by atoms with Gasteiger partial charge in [-0.3, -0.25) is 0 Å². The van der Waals surface area contributed by atoms with Crippen LogP contribution in [0.5, 0.6) is 0 Å². The highest BCUT2D eigenvalue weighted by Gasteiger charge is 2.56. The van der Waals surface area contributed by atoms with Gasteiger partial charge in [-0.1, -0.05) is 77.0 Å². The largest absolute Gasteiger partial charge is 0.393 e. The van der Waals surface area contributed by atoms with Gasteiger partial charge in [0.05, 0.1) is 6.10 Å². The second kappa shape index (κ2) is 7.70. The molecule has 3 saturated carbocycles. The van der Waals surface area contributed by atoms with E-state index in [0.717, 1.165) is 36.5 Å². The number of allylic oxidation sites excluding steroid dienone is 5. The lowest BCUT2D eigenvalue weighted by atomic mass is 9.50. The number of rotatable bonds is 4. The summed E-state index contributed by atoms with van der Waals surface area (Å²) in [5, 5.41) is 10.2. The maximum atomic E-state index is 10.2. The number of hydrogen-bond donors (Lipinski definition) is 1. The highest BCUT2D eigenvalue weighted by atomic mass is 16.3. The number of hydrogen-bond acceptors (Lipinski definition) is 1. The van der Waals surface area contributed by atoms with Crippen molar-refractivity contribution in [3.63, 3.8) is 0 Å². The smallest absolute Gasteiger partial charge is 0.0578 e. The van der Waals surface area contributed by atoms with Gasteiger partial charge in [0, 0.05) is 0 Å². The number of aliphatic hydroxyl groups excluding tert-OH is 1. The molecular formula is C28H44O. The lowest BCUT2D eigenvalue weighted by Crippen LogP contribution is -2.46. The third-order valence-electron chi connectivity index (χ3n) is 10.0. The summed E-state index contributed by atoms with van der Waals surface area (Å²) in [4.78, 5) is 0. The summed E-state index contributed by atoms with van der Waals surface area (Å²) in [5.41, 5.74) is 4.07. The van der Waals surface area contributed by atoms with Crippen LogP contribution in [0.3, 0.4) is 0 Å². The Morgan fingerprint density at radius 3 is 2.41 bits per heavy atom. The third-order valence-corrected chi connectivity index (χ3v) is 10.0. The Kier molecular flexibility index (Phi) is 5.69. The van der Waals surface area contributed by atoms with E-state index in [1.807, 2.05) is 0 Å². The molecule has 0 aromatic carbocycles. The summed E-state index contributed by atoms with van der Waals surface area (Å²) in [6.45, 7) is 14.6. The van der Waals surface area contributed by atoms with Crippen LogP contribution < -0.4 is 0 Å². The number of aliphatic hydroxyl groups is 1. The van der Waals surface area contributed by atoms with E-state index < -0.39 is 0 Å². The molecule has 0 saturated heterocycles. The predicted molar refractivity (Wildman–Crippen MR) is 123 cm³/mol. The number of fused-ring (bicyclic) bond motifs is 5. The van der Waals surface area contributed by atoms with Gasteiger partial charge in [-0.2, -0.15) is 0 Å². The fraction of sp³-hybridized carbons (Fsp3) is 0.786. The molecule has 0 amide bonds. The quantitative estimate of drug-likeness (QED) is 0.493. The van der Waals surface area contributed by atoms with E-state index in [-0.39, 0.29) is 6.10 Å². The van der Waals surface area contributed by atoms with Gasteiger partial charge in [0.2, 0.25) is 0 Å². The van der Waals surface area contributed by atoms with Gasteiger partial charge < -0.3 is 5.11 Å². The molecule has 0 aliphatic heterocycles. The molecule has 4 aliphatic carbocycles. The zero-order chi connectivity index (χ0) is 21.0. The van der Waals surface area contributed by atoms with Crippen LogP contribution >= 0.6 is 0 Å². The minimum atomic E-state index is -0.116. The van der Waals surface area contributed by atoms with E-state index in [1.165, 1.54) is 37.7 Å². The molecule has 0 spiro atoms. The fourth-order valence-electron chi connectivity index (χ4n) is 7.59. The minimum absolute atomic E-state index is 0.116. The molecule has 3 fully saturated rings. The van der Waals surface area contributed by atoms with Crippen molar-refractivity contribution in [3.05, 3.63) is 35.5 Å². The molecule has 0 radical (unpaired) electrons. The SMILES string of the molecule is CC(C)C(C)C=C[C@@H](C)[C@H]1CC[C@H]2C3=CC=C4CC(O)CC[C@]4(C)[C@H]3CC[C@]12C. The lowest BCUT2D eigenvalue weighted by Gasteiger charge is -2.55. The Morgan fingerprint density at radius 1 is 0.931 bits per heavy atom.